The van der Waals surface area contributed by atoms with Crippen molar-refractivity contribution >= 4 is 51.2 Å². The highest BCUT2D eigenvalue weighted by Gasteiger charge is 2.15. The van der Waals surface area contributed by atoms with Gasteiger partial charge in [0.25, 0.3) is 5.91 Å². The van der Waals surface area contributed by atoms with Crippen molar-refractivity contribution < 1.29 is 23.8 Å². The van der Waals surface area contributed by atoms with Crippen LogP contribution in [-0.2, 0) is 14.3 Å². The number of anilines is 1. The summed E-state index contributed by atoms with van der Waals surface area (Å²) in [6, 6.07) is 8.92. The fourth-order valence-corrected chi connectivity index (χ4v) is 3.47. The summed E-state index contributed by atoms with van der Waals surface area (Å²) in [4.78, 5) is 23.9. The Hall–Kier alpha value is -2.51. The first kappa shape index (κ1) is 21.2. The number of carbonyl (C=O) groups excluding carboxylic acids is 2. The van der Waals surface area contributed by atoms with Crippen molar-refractivity contribution in [1.82, 2.24) is 0 Å². The average Bonchev–Trinajstić information content (AvgIpc) is 2.93. The summed E-state index contributed by atoms with van der Waals surface area (Å²) in [7, 11) is 0. The molecule has 0 bridgehead atoms. The topological polar surface area (TPSA) is 73.9 Å². The van der Waals surface area contributed by atoms with Gasteiger partial charge in [-0.25, -0.2) is 4.79 Å². The Morgan fingerprint density at radius 3 is 2.83 bits per heavy atom. The number of nitrogens with one attached hydrogen (secondary N) is 1. The minimum Gasteiger partial charge on any atom is -0.489 e. The van der Waals surface area contributed by atoms with Crippen molar-refractivity contribution in [2.75, 3.05) is 25.1 Å². The standard InChI is InChI=1S/C21H19BrClNO5/c1-13-3-5-17(15(22)9-13)24-19(25)12-29-20(26)6-4-14-10-16(23)21-18(11-14)27-7-2-8-28-21/h3-6,9-11H,2,7-8,12H2,1H3,(H,24,25)/b6-4+. The van der Waals surface area contributed by atoms with E-state index in [1.165, 1.54) is 12.2 Å². The van der Waals surface area contributed by atoms with Gasteiger partial charge in [-0.15, -0.1) is 0 Å². The van der Waals surface area contributed by atoms with Crippen LogP contribution in [0.1, 0.15) is 17.5 Å². The SMILES string of the molecule is Cc1ccc(NC(=O)COC(=O)/C=C/c2cc(Cl)c3c(c2)OCCCO3)c(Br)c1. The monoisotopic (exact) mass is 479 g/mol. The van der Waals surface area contributed by atoms with Crippen LogP contribution in [0.15, 0.2) is 40.9 Å². The Balaban J connectivity index is 1.55. The van der Waals surface area contributed by atoms with E-state index in [-0.39, 0.29) is 0 Å². The lowest BCUT2D eigenvalue weighted by atomic mass is 10.2. The first-order chi connectivity index (χ1) is 13.9. The zero-order valence-electron chi connectivity index (χ0n) is 15.7. The zero-order chi connectivity index (χ0) is 20.8. The summed E-state index contributed by atoms with van der Waals surface area (Å²) in [5.74, 6) is -0.0461. The molecule has 152 valence electrons. The van der Waals surface area contributed by atoms with E-state index in [9.17, 15) is 9.59 Å². The van der Waals surface area contributed by atoms with Gasteiger partial charge in [0.15, 0.2) is 18.1 Å². The molecule has 0 aliphatic carbocycles. The molecule has 0 spiro atoms. The molecule has 1 aliphatic heterocycles. The van der Waals surface area contributed by atoms with Gasteiger partial charge in [-0.2, -0.15) is 0 Å². The van der Waals surface area contributed by atoms with Crippen molar-refractivity contribution in [3.63, 3.8) is 0 Å². The number of benzene rings is 2. The highest BCUT2D eigenvalue weighted by molar-refractivity contribution is 9.10. The van der Waals surface area contributed by atoms with Gasteiger partial charge in [0.1, 0.15) is 0 Å². The summed E-state index contributed by atoms with van der Waals surface area (Å²) in [6.45, 7) is 2.62. The highest BCUT2D eigenvalue weighted by Crippen LogP contribution is 2.38. The summed E-state index contributed by atoms with van der Waals surface area (Å²) >= 11 is 9.61. The van der Waals surface area contributed by atoms with Crippen molar-refractivity contribution in [3.8, 4) is 11.5 Å². The summed E-state index contributed by atoms with van der Waals surface area (Å²) in [5.41, 5.74) is 2.32. The molecule has 1 heterocycles. The van der Waals surface area contributed by atoms with Crippen LogP contribution < -0.4 is 14.8 Å². The van der Waals surface area contributed by atoms with E-state index in [4.69, 9.17) is 25.8 Å². The van der Waals surface area contributed by atoms with Gasteiger partial charge in [0.05, 0.1) is 23.9 Å². The van der Waals surface area contributed by atoms with E-state index in [0.29, 0.717) is 41.0 Å². The van der Waals surface area contributed by atoms with E-state index in [1.54, 1.807) is 18.2 Å². The molecule has 1 amide bonds. The number of amides is 1. The molecule has 0 radical (unpaired) electrons. The molecule has 0 saturated heterocycles. The molecule has 1 aliphatic rings. The molecule has 0 aromatic heterocycles. The molecule has 0 fully saturated rings. The second-order valence-corrected chi connectivity index (χ2v) is 7.61. The minimum absolute atomic E-state index is 0.397. The third-order valence-corrected chi connectivity index (χ3v) is 4.92. The number of aryl methyl sites for hydroxylation is 1. The van der Waals surface area contributed by atoms with E-state index in [0.717, 1.165) is 16.5 Å². The van der Waals surface area contributed by atoms with E-state index in [2.05, 4.69) is 21.2 Å². The first-order valence-corrected chi connectivity index (χ1v) is 10.1. The quantitative estimate of drug-likeness (QED) is 0.493. The van der Waals surface area contributed by atoms with Crippen LogP contribution in [0.5, 0.6) is 11.5 Å². The van der Waals surface area contributed by atoms with Crippen LogP contribution >= 0.6 is 27.5 Å². The fraction of sp³-hybridized carbons (Fsp3) is 0.238. The van der Waals surface area contributed by atoms with Crippen LogP contribution in [-0.4, -0.2) is 31.7 Å². The number of hydrogen-bond acceptors (Lipinski definition) is 5. The Kier molecular flexibility index (Phi) is 7.17. The molecule has 1 N–H and O–H groups in total. The van der Waals surface area contributed by atoms with Gasteiger partial charge >= 0.3 is 5.97 Å². The van der Waals surface area contributed by atoms with Crippen molar-refractivity contribution in [1.29, 1.82) is 0 Å². The Morgan fingerprint density at radius 2 is 2.03 bits per heavy atom. The molecule has 2 aromatic rings. The van der Waals surface area contributed by atoms with Gasteiger partial charge in [-0.1, -0.05) is 17.7 Å². The number of ether oxygens (including phenoxy) is 3. The molecule has 0 unspecified atom stereocenters. The second-order valence-electron chi connectivity index (χ2n) is 6.35. The molecule has 29 heavy (non-hydrogen) atoms. The van der Waals surface area contributed by atoms with Crippen LogP contribution in [0.25, 0.3) is 6.08 Å². The van der Waals surface area contributed by atoms with Crippen LogP contribution in [0.3, 0.4) is 0 Å². The molecule has 8 heteroatoms. The zero-order valence-corrected chi connectivity index (χ0v) is 18.0. The van der Waals surface area contributed by atoms with Gasteiger partial charge in [-0.3, -0.25) is 4.79 Å². The number of rotatable bonds is 5. The lowest BCUT2D eigenvalue weighted by molar-refractivity contribution is -0.142. The normalized spacial score (nSPS) is 13.1. The lowest BCUT2D eigenvalue weighted by Gasteiger charge is -2.10. The maximum atomic E-state index is 12.0. The smallest absolute Gasteiger partial charge is 0.331 e. The van der Waals surface area contributed by atoms with Crippen molar-refractivity contribution in [2.45, 2.75) is 13.3 Å². The predicted molar refractivity (Wildman–Crippen MR) is 115 cm³/mol. The molecule has 2 aromatic carbocycles. The number of fused-ring (bicyclic) bond motifs is 1. The Labute approximate surface area is 181 Å². The third-order valence-electron chi connectivity index (χ3n) is 3.98. The summed E-state index contributed by atoms with van der Waals surface area (Å²) in [5, 5.41) is 3.08. The minimum atomic E-state index is -0.647. The third kappa shape index (κ3) is 5.98. The van der Waals surface area contributed by atoms with Crippen molar-refractivity contribution in [2.24, 2.45) is 0 Å². The van der Waals surface area contributed by atoms with Crippen molar-refractivity contribution in [3.05, 3.63) is 57.0 Å². The van der Waals surface area contributed by atoms with E-state index >= 15 is 0 Å². The number of carbonyl (C=O) groups is 2. The van der Waals surface area contributed by atoms with Crippen LogP contribution in [0, 0.1) is 6.92 Å². The summed E-state index contributed by atoms with van der Waals surface area (Å²) < 4.78 is 16.9. The Bertz CT molecular complexity index is 960. The van der Waals surface area contributed by atoms with Gasteiger partial charge in [0.2, 0.25) is 0 Å². The molecule has 0 saturated carbocycles. The molecular weight excluding hydrogens is 462 g/mol. The fourth-order valence-electron chi connectivity index (χ4n) is 2.60. The largest absolute Gasteiger partial charge is 0.489 e. The lowest BCUT2D eigenvalue weighted by Crippen LogP contribution is -2.20. The Morgan fingerprint density at radius 1 is 1.24 bits per heavy atom. The maximum absolute atomic E-state index is 12.0. The highest BCUT2D eigenvalue weighted by atomic mass is 79.9. The van der Waals surface area contributed by atoms with E-state index < -0.39 is 18.5 Å². The predicted octanol–water partition coefficient (Wildman–Crippen LogP) is 4.77. The number of hydrogen-bond donors (Lipinski definition) is 1. The van der Waals surface area contributed by atoms with Crippen LogP contribution in [0.4, 0.5) is 5.69 Å². The molecule has 3 rings (SSSR count). The van der Waals surface area contributed by atoms with Gasteiger partial charge < -0.3 is 19.5 Å². The maximum Gasteiger partial charge on any atom is 0.331 e. The number of halogens is 2. The molecule has 0 atom stereocenters. The second kappa shape index (κ2) is 9.80. The molecule has 6 nitrogen and oxygen atoms in total. The van der Waals surface area contributed by atoms with Gasteiger partial charge in [0, 0.05) is 17.0 Å². The summed E-state index contributed by atoms with van der Waals surface area (Å²) in [6.07, 6.45) is 3.53. The molecular formula is C21H19BrClNO5. The average molecular weight is 481 g/mol. The van der Waals surface area contributed by atoms with Crippen LogP contribution in [0.2, 0.25) is 5.02 Å². The first-order valence-electron chi connectivity index (χ1n) is 8.92. The van der Waals surface area contributed by atoms with E-state index in [1.807, 2.05) is 19.1 Å². The van der Waals surface area contributed by atoms with Gasteiger partial charge in [-0.05, 0) is 64.3 Å². The number of esters is 1.